The maximum absolute atomic E-state index is 11.2. The predicted molar refractivity (Wildman–Crippen MR) is 110 cm³/mol. The zero-order valence-corrected chi connectivity index (χ0v) is 15.6. The SMILES string of the molecule is CCCCCC(/C=N\Nc1ccc([N+](=O)[O-])cc1[N+](=O)[O-])=C\c1ccccc1. The predicted octanol–water partition coefficient (Wildman–Crippen LogP) is 5.56. The van der Waals surface area contributed by atoms with Gasteiger partial charge in [-0.1, -0.05) is 56.2 Å². The fourth-order valence-electron chi connectivity index (χ4n) is 2.58. The van der Waals surface area contributed by atoms with Crippen molar-refractivity contribution < 1.29 is 9.85 Å². The molecule has 0 radical (unpaired) electrons. The van der Waals surface area contributed by atoms with Gasteiger partial charge in [0.05, 0.1) is 22.1 Å². The third kappa shape index (κ3) is 6.31. The van der Waals surface area contributed by atoms with Gasteiger partial charge in [-0.2, -0.15) is 5.10 Å². The Labute approximate surface area is 162 Å². The highest BCUT2D eigenvalue weighted by Gasteiger charge is 2.19. The van der Waals surface area contributed by atoms with E-state index >= 15 is 0 Å². The van der Waals surface area contributed by atoms with Crippen molar-refractivity contribution in [2.24, 2.45) is 5.10 Å². The number of nitro benzene ring substituents is 2. The first-order valence-corrected chi connectivity index (χ1v) is 8.98. The van der Waals surface area contributed by atoms with Crippen LogP contribution in [0.2, 0.25) is 0 Å². The number of hydrazone groups is 1. The standard InChI is InChI=1S/C20H22N4O4/c1-2-3-5-10-17(13-16-8-6-4-7-9-16)15-21-22-19-12-11-18(23(25)26)14-20(19)24(27)28/h4,6-9,11-15,22H,2-3,5,10H2,1H3/b17-13+,21-15-. The van der Waals surface area contributed by atoms with Gasteiger partial charge in [0.1, 0.15) is 5.69 Å². The number of hydrogen-bond acceptors (Lipinski definition) is 6. The Morgan fingerprint density at radius 3 is 2.46 bits per heavy atom. The lowest BCUT2D eigenvalue weighted by molar-refractivity contribution is -0.393. The van der Waals surface area contributed by atoms with E-state index in [9.17, 15) is 20.2 Å². The number of nitrogens with zero attached hydrogens (tertiary/aromatic N) is 3. The topological polar surface area (TPSA) is 111 Å². The lowest BCUT2D eigenvalue weighted by Gasteiger charge is -2.04. The van der Waals surface area contributed by atoms with Crippen molar-refractivity contribution in [2.45, 2.75) is 32.6 Å². The Kier molecular flexibility index (Phi) is 7.83. The molecule has 0 bridgehead atoms. The van der Waals surface area contributed by atoms with Crippen LogP contribution in [0.3, 0.4) is 0 Å². The largest absolute Gasteiger partial charge is 0.301 e. The number of allylic oxidation sites excluding steroid dienone is 1. The quantitative estimate of drug-likeness (QED) is 0.250. The van der Waals surface area contributed by atoms with Gasteiger partial charge >= 0.3 is 5.69 Å². The van der Waals surface area contributed by atoms with Crippen LogP contribution in [-0.4, -0.2) is 16.1 Å². The van der Waals surface area contributed by atoms with Crippen LogP contribution in [-0.2, 0) is 0 Å². The number of non-ortho nitro benzene ring substituents is 1. The minimum absolute atomic E-state index is 0.0967. The number of benzene rings is 2. The van der Waals surface area contributed by atoms with Crippen molar-refractivity contribution in [3.8, 4) is 0 Å². The van der Waals surface area contributed by atoms with Gasteiger partial charge in [-0.25, -0.2) is 0 Å². The van der Waals surface area contributed by atoms with Gasteiger partial charge in [-0.15, -0.1) is 0 Å². The molecule has 0 unspecified atom stereocenters. The molecule has 8 nitrogen and oxygen atoms in total. The first-order valence-electron chi connectivity index (χ1n) is 8.98. The third-order valence-electron chi connectivity index (χ3n) is 4.02. The summed E-state index contributed by atoms with van der Waals surface area (Å²) in [6, 6.07) is 13.2. The Morgan fingerprint density at radius 1 is 1.07 bits per heavy atom. The highest BCUT2D eigenvalue weighted by molar-refractivity contribution is 5.86. The number of nitro groups is 2. The number of unbranched alkanes of at least 4 members (excludes halogenated alkanes) is 2. The van der Waals surface area contributed by atoms with Crippen molar-refractivity contribution in [3.05, 3.63) is 79.9 Å². The Balaban J connectivity index is 2.19. The highest BCUT2D eigenvalue weighted by Crippen LogP contribution is 2.28. The summed E-state index contributed by atoms with van der Waals surface area (Å²) in [5.41, 5.74) is 4.02. The molecule has 0 spiro atoms. The Morgan fingerprint density at radius 2 is 1.82 bits per heavy atom. The minimum atomic E-state index is -0.674. The smallest absolute Gasteiger partial charge is 0.272 e. The molecule has 0 aromatic heterocycles. The van der Waals surface area contributed by atoms with Crippen LogP contribution in [0.5, 0.6) is 0 Å². The van der Waals surface area contributed by atoms with Crippen LogP contribution in [0.25, 0.3) is 6.08 Å². The van der Waals surface area contributed by atoms with Crippen molar-refractivity contribution >= 4 is 29.4 Å². The van der Waals surface area contributed by atoms with Gasteiger partial charge in [0.25, 0.3) is 5.69 Å². The number of anilines is 1. The second-order valence-corrected chi connectivity index (χ2v) is 6.17. The van der Waals surface area contributed by atoms with E-state index in [4.69, 9.17) is 0 Å². The first-order chi connectivity index (χ1) is 13.5. The molecule has 0 saturated carbocycles. The van der Waals surface area contributed by atoms with Gasteiger partial charge in [0, 0.05) is 6.07 Å². The van der Waals surface area contributed by atoms with Crippen molar-refractivity contribution in [2.75, 3.05) is 5.43 Å². The van der Waals surface area contributed by atoms with Crippen molar-refractivity contribution in [1.29, 1.82) is 0 Å². The summed E-state index contributed by atoms with van der Waals surface area (Å²) < 4.78 is 0. The number of nitrogens with one attached hydrogen (secondary N) is 1. The first kappa shape index (κ1) is 20.8. The summed E-state index contributed by atoms with van der Waals surface area (Å²) >= 11 is 0. The molecule has 8 heteroatoms. The fraction of sp³-hybridized carbons (Fsp3) is 0.250. The van der Waals surface area contributed by atoms with E-state index in [0.717, 1.165) is 42.9 Å². The van der Waals surface area contributed by atoms with Gasteiger partial charge in [-0.05, 0) is 30.0 Å². The Hall–Kier alpha value is -3.55. The number of rotatable bonds is 10. The highest BCUT2D eigenvalue weighted by atomic mass is 16.6. The van der Waals surface area contributed by atoms with Crippen molar-refractivity contribution in [1.82, 2.24) is 0 Å². The van der Waals surface area contributed by atoms with Gasteiger partial charge in [0.2, 0.25) is 0 Å². The Bertz CT molecular complexity index is 879. The van der Waals surface area contributed by atoms with E-state index < -0.39 is 15.5 Å². The van der Waals surface area contributed by atoms with Crippen LogP contribution >= 0.6 is 0 Å². The zero-order valence-electron chi connectivity index (χ0n) is 15.6. The summed E-state index contributed by atoms with van der Waals surface area (Å²) in [7, 11) is 0. The van der Waals surface area contributed by atoms with Crippen LogP contribution in [0.4, 0.5) is 17.1 Å². The lowest BCUT2D eigenvalue weighted by Crippen LogP contribution is -1.99. The van der Waals surface area contributed by atoms with Gasteiger partial charge in [0.15, 0.2) is 0 Å². The zero-order chi connectivity index (χ0) is 20.4. The van der Waals surface area contributed by atoms with Crippen LogP contribution in [0, 0.1) is 20.2 Å². The molecule has 0 aliphatic heterocycles. The molecule has 2 rings (SSSR count). The van der Waals surface area contributed by atoms with Crippen LogP contribution in [0.15, 0.2) is 59.2 Å². The van der Waals surface area contributed by atoms with E-state index in [1.807, 2.05) is 36.4 Å². The molecule has 0 saturated heterocycles. The minimum Gasteiger partial charge on any atom is -0.272 e. The molecule has 28 heavy (non-hydrogen) atoms. The maximum Gasteiger partial charge on any atom is 0.301 e. The summed E-state index contributed by atoms with van der Waals surface area (Å²) in [5.74, 6) is 0. The second kappa shape index (κ2) is 10.6. The van der Waals surface area contributed by atoms with E-state index in [2.05, 4.69) is 17.5 Å². The van der Waals surface area contributed by atoms with E-state index in [0.29, 0.717) is 0 Å². The summed E-state index contributed by atoms with van der Waals surface area (Å²) in [6.45, 7) is 2.13. The lowest BCUT2D eigenvalue weighted by atomic mass is 10.1. The maximum atomic E-state index is 11.2. The summed E-state index contributed by atoms with van der Waals surface area (Å²) in [5, 5.41) is 26.1. The number of hydrogen-bond donors (Lipinski definition) is 1. The molecule has 0 aliphatic rings. The molecule has 0 heterocycles. The van der Waals surface area contributed by atoms with Crippen LogP contribution < -0.4 is 5.43 Å². The molecule has 146 valence electrons. The molecule has 0 aliphatic carbocycles. The average Bonchev–Trinajstić information content (AvgIpc) is 2.68. The van der Waals surface area contributed by atoms with E-state index in [1.54, 1.807) is 6.21 Å². The molecule has 0 amide bonds. The summed E-state index contributed by atoms with van der Waals surface area (Å²) in [6.07, 6.45) is 7.69. The molecule has 1 N–H and O–H groups in total. The fourth-order valence-corrected chi connectivity index (χ4v) is 2.58. The third-order valence-corrected chi connectivity index (χ3v) is 4.02. The average molecular weight is 382 g/mol. The monoisotopic (exact) mass is 382 g/mol. The van der Waals surface area contributed by atoms with Crippen molar-refractivity contribution in [3.63, 3.8) is 0 Å². The molecule has 2 aromatic rings. The van der Waals surface area contributed by atoms with Gasteiger partial charge in [-0.3, -0.25) is 25.7 Å². The molecule has 0 fully saturated rings. The second-order valence-electron chi connectivity index (χ2n) is 6.17. The van der Waals surface area contributed by atoms with Crippen LogP contribution in [0.1, 0.15) is 38.2 Å². The van der Waals surface area contributed by atoms with E-state index in [-0.39, 0.29) is 11.4 Å². The molecular weight excluding hydrogens is 360 g/mol. The van der Waals surface area contributed by atoms with Gasteiger partial charge < -0.3 is 0 Å². The molecule has 0 atom stereocenters. The van der Waals surface area contributed by atoms with E-state index in [1.165, 1.54) is 12.1 Å². The normalized spacial score (nSPS) is 11.5. The molecule has 2 aromatic carbocycles. The summed E-state index contributed by atoms with van der Waals surface area (Å²) in [4.78, 5) is 20.7. The molecular formula is C20H22N4O4.